The van der Waals surface area contributed by atoms with Crippen LogP contribution in [0.15, 0.2) is 16.6 Å². The maximum absolute atomic E-state index is 13.1. The number of anilines is 1. The van der Waals surface area contributed by atoms with E-state index in [0.29, 0.717) is 0 Å². The van der Waals surface area contributed by atoms with Crippen LogP contribution in [0.3, 0.4) is 0 Å². The van der Waals surface area contributed by atoms with E-state index in [0.717, 1.165) is 6.07 Å². The molecular weight excluding hydrogens is 297 g/mol. The maximum Gasteiger partial charge on any atom is 0.295 e. The normalized spacial score (nSPS) is 9.82. The van der Waals surface area contributed by atoms with Crippen LogP contribution in [0, 0.1) is 15.9 Å². The van der Waals surface area contributed by atoms with E-state index < -0.39 is 16.4 Å². The molecule has 0 aliphatic heterocycles. The van der Waals surface area contributed by atoms with E-state index in [-0.39, 0.29) is 22.6 Å². The van der Waals surface area contributed by atoms with E-state index in [1.165, 1.54) is 13.1 Å². The predicted octanol–water partition coefficient (Wildman–Crippen LogP) is 1.65. The highest BCUT2D eigenvalue weighted by molar-refractivity contribution is 9.10. The second-order valence-corrected chi connectivity index (χ2v) is 3.92. The molecule has 6 nitrogen and oxygen atoms in total. The molecule has 0 aliphatic rings. The molecule has 17 heavy (non-hydrogen) atoms. The van der Waals surface area contributed by atoms with Gasteiger partial charge in [0.25, 0.3) is 5.69 Å². The molecule has 0 radical (unpaired) electrons. The summed E-state index contributed by atoms with van der Waals surface area (Å²) in [6.07, 6.45) is 0. The van der Waals surface area contributed by atoms with Gasteiger partial charge < -0.3 is 10.6 Å². The molecule has 92 valence electrons. The first-order valence-corrected chi connectivity index (χ1v) is 5.33. The van der Waals surface area contributed by atoms with Crippen molar-refractivity contribution in [2.75, 3.05) is 18.9 Å². The summed E-state index contributed by atoms with van der Waals surface area (Å²) in [5.41, 5.74) is -0.346. The van der Waals surface area contributed by atoms with Gasteiger partial charge in [0.2, 0.25) is 5.91 Å². The molecule has 0 heterocycles. The number of nitro groups is 1. The Morgan fingerprint density at radius 1 is 1.59 bits per heavy atom. The van der Waals surface area contributed by atoms with Crippen molar-refractivity contribution in [1.82, 2.24) is 5.32 Å². The number of carbonyl (C=O) groups excluding carboxylic acids is 1. The number of nitrogens with one attached hydrogen (secondary N) is 2. The van der Waals surface area contributed by atoms with Crippen molar-refractivity contribution >= 4 is 33.2 Å². The van der Waals surface area contributed by atoms with Crippen molar-refractivity contribution in [3.8, 4) is 0 Å². The molecular formula is C9H9BrFN3O3. The van der Waals surface area contributed by atoms with Gasteiger partial charge in [-0.15, -0.1) is 0 Å². The number of benzene rings is 1. The zero-order valence-electron chi connectivity index (χ0n) is 8.79. The fourth-order valence-corrected chi connectivity index (χ4v) is 1.44. The van der Waals surface area contributed by atoms with Gasteiger partial charge in [-0.1, -0.05) is 0 Å². The van der Waals surface area contributed by atoms with Crippen molar-refractivity contribution in [2.45, 2.75) is 0 Å². The number of hydrogen-bond donors (Lipinski definition) is 2. The Hall–Kier alpha value is -1.70. The maximum atomic E-state index is 13.1. The quantitative estimate of drug-likeness (QED) is 0.654. The Kier molecular flexibility index (Phi) is 4.38. The Labute approximate surface area is 104 Å². The van der Waals surface area contributed by atoms with Crippen LogP contribution in [-0.2, 0) is 4.79 Å². The standard InChI is InChI=1S/C9H9BrFN3O3/c1-12-9(15)4-13-7-2-5(10)6(11)3-8(7)14(16)17/h2-3,13H,4H2,1H3,(H,12,15). The summed E-state index contributed by atoms with van der Waals surface area (Å²) < 4.78 is 13.2. The van der Waals surface area contributed by atoms with Crippen LogP contribution in [0.2, 0.25) is 0 Å². The Morgan fingerprint density at radius 2 is 2.24 bits per heavy atom. The van der Waals surface area contributed by atoms with E-state index >= 15 is 0 Å². The Balaban J connectivity index is 3.00. The van der Waals surface area contributed by atoms with Crippen LogP contribution in [0.1, 0.15) is 0 Å². The zero-order valence-corrected chi connectivity index (χ0v) is 10.4. The van der Waals surface area contributed by atoms with E-state index in [9.17, 15) is 19.3 Å². The summed E-state index contributed by atoms with van der Waals surface area (Å²) >= 11 is 2.92. The molecule has 0 fully saturated rings. The summed E-state index contributed by atoms with van der Waals surface area (Å²) in [6, 6.07) is 2.01. The van der Waals surface area contributed by atoms with Gasteiger partial charge in [0, 0.05) is 7.05 Å². The summed E-state index contributed by atoms with van der Waals surface area (Å²) in [5, 5.41) is 15.6. The first-order valence-electron chi connectivity index (χ1n) is 4.53. The minimum atomic E-state index is -0.734. The fraction of sp³-hybridized carbons (Fsp3) is 0.222. The number of carbonyl (C=O) groups is 1. The van der Waals surface area contributed by atoms with Gasteiger partial charge in [-0.2, -0.15) is 0 Å². The van der Waals surface area contributed by atoms with Gasteiger partial charge in [0.15, 0.2) is 0 Å². The van der Waals surface area contributed by atoms with Gasteiger partial charge in [-0.3, -0.25) is 14.9 Å². The SMILES string of the molecule is CNC(=O)CNc1cc(Br)c(F)cc1[N+](=O)[O-]. The van der Waals surface area contributed by atoms with Crippen LogP contribution in [0.25, 0.3) is 0 Å². The molecule has 1 aromatic rings. The molecule has 0 bridgehead atoms. The third-order valence-corrected chi connectivity index (χ3v) is 2.56. The lowest BCUT2D eigenvalue weighted by atomic mass is 10.2. The summed E-state index contributed by atoms with van der Waals surface area (Å²) in [7, 11) is 1.44. The van der Waals surface area contributed by atoms with Gasteiger partial charge in [-0.25, -0.2) is 4.39 Å². The first-order chi connectivity index (χ1) is 7.95. The average molecular weight is 306 g/mol. The molecule has 0 saturated heterocycles. The van der Waals surface area contributed by atoms with Crippen molar-refractivity contribution in [2.24, 2.45) is 0 Å². The van der Waals surface area contributed by atoms with Crippen molar-refractivity contribution < 1.29 is 14.1 Å². The lowest BCUT2D eigenvalue weighted by Gasteiger charge is -2.07. The van der Waals surface area contributed by atoms with Crippen LogP contribution >= 0.6 is 15.9 Å². The molecule has 8 heteroatoms. The molecule has 2 N–H and O–H groups in total. The van der Waals surface area contributed by atoms with E-state index in [4.69, 9.17) is 0 Å². The summed E-state index contributed by atoms with van der Waals surface area (Å²) in [5.74, 6) is -1.07. The third kappa shape index (κ3) is 3.38. The second-order valence-electron chi connectivity index (χ2n) is 3.07. The van der Waals surface area contributed by atoms with Gasteiger partial charge in [0.1, 0.15) is 11.5 Å². The molecule has 1 rings (SSSR count). The number of rotatable bonds is 4. The molecule has 0 aliphatic carbocycles. The minimum Gasteiger partial charge on any atom is -0.371 e. The second kappa shape index (κ2) is 5.58. The smallest absolute Gasteiger partial charge is 0.295 e. The lowest BCUT2D eigenvalue weighted by Crippen LogP contribution is -2.26. The Morgan fingerprint density at radius 3 is 2.76 bits per heavy atom. The number of halogens is 2. The van der Waals surface area contributed by atoms with Gasteiger partial charge in [-0.05, 0) is 22.0 Å². The molecule has 1 aromatic carbocycles. The Bertz CT molecular complexity index is 467. The zero-order chi connectivity index (χ0) is 13.0. The largest absolute Gasteiger partial charge is 0.371 e. The molecule has 0 atom stereocenters. The van der Waals surface area contributed by atoms with Crippen molar-refractivity contribution in [3.05, 3.63) is 32.5 Å². The summed E-state index contributed by atoms with van der Waals surface area (Å²) in [6.45, 7) is -0.130. The molecule has 0 unspecified atom stereocenters. The van der Waals surface area contributed by atoms with Crippen LogP contribution in [-0.4, -0.2) is 24.4 Å². The van der Waals surface area contributed by atoms with Gasteiger partial charge >= 0.3 is 0 Å². The predicted molar refractivity (Wildman–Crippen MR) is 63.3 cm³/mol. The van der Waals surface area contributed by atoms with E-state index in [1.807, 2.05) is 0 Å². The lowest BCUT2D eigenvalue weighted by molar-refractivity contribution is -0.384. The molecule has 0 aromatic heterocycles. The highest BCUT2D eigenvalue weighted by Gasteiger charge is 2.17. The van der Waals surface area contributed by atoms with Crippen LogP contribution < -0.4 is 10.6 Å². The van der Waals surface area contributed by atoms with Gasteiger partial charge in [0.05, 0.1) is 22.0 Å². The molecule has 0 spiro atoms. The highest BCUT2D eigenvalue weighted by Crippen LogP contribution is 2.30. The summed E-state index contributed by atoms with van der Waals surface area (Å²) in [4.78, 5) is 21.0. The van der Waals surface area contributed by atoms with Crippen LogP contribution in [0.5, 0.6) is 0 Å². The first kappa shape index (κ1) is 13.4. The van der Waals surface area contributed by atoms with E-state index in [2.05, 4.69) is 26.6 Å². The minimum absolute atomic E-state index is 0.0758. The highest BCUT2D eigenvalue weighted by atomic mass is 79.9. The topological polar surface area (TPSA) is 84.3 Å². The molecule has 0 saturated carbocycles. The fourth-order valence-electron chi connectivity index (χ4n) is 1.09. The monoisotopic (exact) mass is 305 g/mol. The van der Waals surface area contributed by atoms with Crippen molar-refractivity contribution in [3.63, 3.8) is 0 Å². The number of hydrogen-bond acceptors (Lipinski definition) is 4. The number of amides is 1. The van der Waals surface area contributed by atoms with E-state index in [1.54, 1.807) is 0 Å². The van der Waals surface area contributed by atoms with Crippen molar-refractivity contribution in [1.29, 1.82) is 0 Å². The number of nitrogens with zero attached hydrogens (tertiary/aromatic N) is 1. The number of nitro benzene ring substituents is 1. The number of likely N-dealkylation sites (N-methyl/N-ethyl adjacent to an activating group) is 1. The third-order valence-electron chi connectivity index (χ3n) is 1.95. The average Bonchev–Trinajstić information content (AvgIpc) is 2.29. The molecule has 1 amide bonds. The van der Waals surface area contributed by atoms with Crippen LogP contribution in [0.4, 0.5) is 15.8 Å².